The molecule has 1 aromatic rings. The second-order valence-corrected chi connectivity index (χ2v) is 6.74. The maximum absolute atomic E-state index is 11.3. The number of nitrogens with one attached hydrogen (secondary N) is 1. The van der Waals surface area contributed by atoms with Crippen LogP contribution < -0.4 is 10.1 Å². The van der Waals surface area contributed by atoms with Crippen molar-refractivity contribution in [2.45, 2.75) is 31.8 Å². The lowest BCUT2D eigenvalue weighted by molar-refractivity contribution is 0.357. The molecule has 2 aliphatic rings. The highest BCUT2D eigenvalue weighted by atomic mass is 32.2. The van der Waals surface area contributed by atoms with Gasteiger partial charge in [0.2, 0.25) is 0 Å². The Morgan fingerprint density at radius 1 is 1.33 bits per heavy atom. The van der Waals surface area contributed by atoms with Crippen LogP contribution >= 0.6 is 0 Å². The van der Waals surface area contributed by atoms with Gasteiger partial charge in [0.15, 0.2) is 0 Å². The molecule has 0 spiro atoms. The van der Waals surface area contributed by atoms with Crippen molar-refractivity contribution in [1.29, 1.82) is 0 Å². The first-order chi connectivity index (χ1) is 8.81. The molecule has 0 radical (unpaired) electrons. The van der Waals surface area contributed by atoms with Crippen LogP contribution in [0.5, 0.6) is 5.75 Å². The van der Waals surface area contributed by atoms with Gasteiger partial charge in [-0.1, -0.05) is 12.1 Å². The zero-order valence-electron chi connectivity index (χ0n) is 10.5. The first-order valence-corrected chi connectivity index (χ1v) is 8.13. The van der Waals surface area contributed by atoms with Crippen LogP contribution in [0.2, 0.25) is 0 Å². The molecule has 3 rings (SSSR count). The molecular weight excluding hydrogens is 246 g/mol. The summed E-state index contributed by atoms with van der Waals surface area (Å²) >= 11 is 0. The van der Waals surface area contributed by atoms with Crippen molar-refractivity contribution in [3.63, 3.8) is 0 Å². The normalized spacial score (nSPS) is 26.7. The highest BCUT2D eigenvalue weighted by Gasteiger charge is 2.17. The fourth-order valence-electron chi connectivity index (χ4n) is 2.61. The predicted molar refractivity (Wildman–Crippen MR) is 73.4 cm³/mol. The van der Waals surface area contributed by atoms with Gasteiger partial charge in [0.05, 0.1) is 6.61 Å². The van der Waals surface area contributed by atoms with E-state index in [1.807, 2.05) is 0 Å². The summed E-state index contributed by atoms with van der Waals surface area (Å²) in [5.74, 6) is 2.76. The van der Waals surface area contributed by atoms with Crippen molar-refractivity contribution in [2.75, 3.05) is 18.1 Å². The van der Waals surface area contributed by atoms with Gasteiger partial charge >= 0.3 is 0 Å². The van der Waals surface area contributed by atoms with Gasteiger partial charge in [0.25, 0.3) is 0 Å². The second kappa shape index (κ2) is 5.41. The molecule has 1 aromatic carbocycles. The first-order valence-electron chi connectivity index (χ1n) is 6.64. The maximum atomic E-state index is 11.3. The van der Waals surface area contributed by atoms with Gasteiger partial charge < -0.3 is 10.1 Å². The molecule has 0 unspecified atom stereocenters. The summed E-state index contributed by atoms with van der Waals surface area (Å²) in [4.78, 5) is 0. The van der Waals surface area contributed by atoms with E-state index in [0.717, 1.165) is 49.7 Å². The summed E-state index contributed by atoms with van der Waals surface area (Å²) in [7, 11) is -0.565. The van der Waals surface area contributed by atoms with E-state index in [2.05, 4.69) is 23.5 Å². The Balaban J connectivity index is 1.55. The Hall–Kier alpha value is -0.870. The average molecular weight is 265 g/mol. The zero-order valence-corrected chi connectivity index (χ0v) is 11.3. The van der Waals surface area contributed by atoms with Gasteiger partial charge in [0.1, 0.15) is 5.75 Å². The first kappa shape index (κ1) is 12.2. The quantitative estimate of drug-likeness (QED) is 0.902. The minimum absolute atomic E-state index is 0.534. The lowest BCUT2D eigenvalue weighted by atomic mass is 10.1. The number of ether oxygens (including phenoxy) is 1. The minimum atomic E-state index is -0.565. The second-order valence-electron chi connectivity index (χ2n) is 5.04. The van der Waals surface area contributed by atoms with Gasteiger partial charge in [-0.25, -0.2) is 0 Å². The summed E-state index contributed by atoms with van der Waals surface area (Å²) in [6.07, 6.45) is 3.12. The Bertz CT molecular complexity index is 451. The molecule has 0 bridgehead atoms. The lowest BCUT2D eigenvalue weighted by Gasteiger charge is -2.22. The summed E-state index contributed by atoms with van der Waals surface area (Å²) in [5.41, 5.74) is 2.66. The predicted octanol–water partition coefficient (Wildman–Crippen LogP) is 1.62. The number of benzene rings is 1. The van der Waals surface area contributed by atoms with Crippen LogP contribution in [0.25, 0.3) is 0 Å². The highest BCUT2D eigenvalue weighted by Crippen LogP contribution is 2.25. The van der Waals surface area contributed by atoms with Gasteiger partial charge in [-0.15, -0.1) is 0 Å². The van der Waals surface area contributed by atoms with Crippen molar-refractivity contribution in [3.05, 3.63) is 29.3 Å². The maximum Gasteiger partial charge on any atom is 0.122 e. The molecule has 18 heavy (non-hydrogen) atoms. The molecule has 2 heterocycles. The number of hydrogen-bond acceptors (Lipinski definition) is 3. The van der Waals surface area contributed by atoms with Crippen LogP contribution in [0.3, 0.4) is 0 Å². The van der Waals surface area contributed by atoms with Crippen LogP contribution in [0.15, 0.2) is 18.2 Å². The number of rotatable bonds is 3. The Morgan fingerprint density at radius 2 is 2.17 bits per heavy atom. The van der Waals surface area contributed by atoms with Crippen molar-refractivity contribution >= 4 is 10.8 Å². The van der Waals surface area contributed by atoms with E-state index in [-0.39, 0.29) is 0 Å². The van der Waals surface area contributed by atoms with Crippen molar-refractivity contribution in [3.8, 4) is 5.75 Å². The van der Waals surface area contributed by atoms with Crippen molar-refractivity contribution in [2.24, 2.45) is 0 Å². The molecule has 0 amide bonds. The number of hydrogen-bond donors (Lipinski definition) is 1. The van der Waals surface area contributed by atoms with Gasteiger partial charge in [0, 0.05) is 41.3 Å². The van der Waals surface area contributed by atoms with Crippen LogP contribution in [-0.4, -0.2) is 28.4 Å². The molecule has 0 saturated carbocycles. The van der Waals surface area contributed by atoms with Gasteiger partial charge in [-0.05, 0) is 30.0 Å². The molecule has 0 atom stereocenters. The fourth-order valence-corrected chi connectivity index (χ4v) is 3.91. The highest BCUT2D eigenvalue weighted by molar-refractivity contribution is 7.85. The molecule has 1 N–H and O–H groups in total. The molecular formula is C14H19NO2S. The van der Waals surface area contributed by atoms with E-state index in [0.29, 0.717) is 6.04 Å². The SMILES string of the molecule is O=S1CCC(NCc2ccc3c(c2)CCO3)CC1. The molecule has 1 saturated heterocycles. The molecule has 3 nitrogen and oxygen atoms in total. The number of fused-ring (bicyclic) bond motifs is 1. The fraction of sp³-hybridized carbons (Fsp3) is 0.571. The monoisotopic (exact) mass is 265 g/mol. The molecule has 1 fully saturated rings. The smallest absolute Gasteiger partial charge is 0.122 e. The van der Waals surface area contributed by atoms with Crippen LogP contribution in [0, 0.1) is 0 Å². The largest absolute Gasteiger partial charge is 0.493 e. The van der Waals surface area contributed by atoms with E-state index in [4.69, 9.17) is 4.74 Å². The minimum Gasteiger partial charge on any atom is -0.493 e. The third kappa shape index (κ3) is 2.75. The van der Waals surface area contributed by atoms with Crippen LogP contribution in [-0.2, 0) is 23.8 Å². The third-order valence-electron chi connectivity index (χ3n) is 3.74. The molecule has 98 valence electrons. The molecule has 2 aliphatic heterocycles. The summed E-state index contributed by atoms with van der Waals surface area (Å²) in [6.45, 7) is 1.73. The Kier molecular flexibility index (Phi) is 3.66. The van der Waals surface area contributed by atoms with Crippen LogP contribution in [0.1, 0.15) is 24.0 Å². The Labute approximate surface area is 110 Å². The van der Waals surface area contributed by atoms with Gasteiger partial charge in [-0.2, -0.15) is 0 Å². The van der Waals surface area contributed by atoms with E-state index in [1.165, 1.54) is 11.1 Å². The zero-order chi connectivity index (χ0) is 12.4. The average Bonchev–Trinajstić information content (AvgIpc) is 2.85. The summed E-state index contributed by atoms with van der Waals surface area (Å²) in [5, 5.41) is 3.57. The van der Waals surface area contributed by atoms with Crippen LogP contribution in [0.4, 0.5) is 0 Å². The molecule has 0 aliphatic carbocycles. The van der Waals surface area contributed by atoms with Crippen molar-refractivity contribution in [1.82, 2.24) is 5.32 Å². The van der Waals surface area contributed by atoms with E-state index < -0.39 is 10.8 Å². The topological polar surface area (TPSA) is 38.3 Å². The van der Waals surface area contributed by atoms with Crippen molar-refractivity contribution < 1.29 is 8.95 Å². The third-order valence-corrected chi connectivity index (χ3v) is 5.12. The van der Waals surface area contributed by atoms with E-state index in [1.54, 1.807) is 0 Å². The Morgan fingerprint density at radius 3 is 3.00 bits per heavy atom. The lowest BCUT2D eigenvalue weighted by Crippen LogP contribution is -2.35. The van der Waals surface area contributed by atoms with E-state index >= 15 is 0 Å². The van der Waals surface area contributed by atoms with E-state index in [9.17, 15) is 4.21 Å². The molecule has 4 heteroatoms. The summed E-state index contributed by atoms with van der Waals surface area (Å²) in [6, 6.07) is 7.00. The standard InChI is InChI=1S/C14H19NO2S/c16-18-7-4-13(5-8-18)15-10-11-1-2-14-12(9-11)3-6-17-14/h1-2,9,13,15H,3-8,10H2. The summed E-state index contributed by atoms with van der Waals surface area (Å²) < 4.78 is 16.8. The van der Waals surface area contributed by atoms with Gasteiger partial charge in [-0.3, -0.25) is 4.21 Å². The molecule has 0 aromatic heterocycles.